The standard InChI is InChI=1S/C54H70N2/c1-3-12-37(13-4-1)39-22-28-45(29-23-39)55-51-20-9-7-18-47(51)49-35-43(26-32-53(49)55)44-27-33-54-50(36-44)48-19-8-10-21-52(48)56(54)46-30-24-40(25-31-46)42-17-11-16-41(34-42)38-14-5-2-6-15-38/h1,3-4,9,12,14,16,20,22,24,27-28,33,37,42-44,46-47,49-51,53-54H,2,5-8,10-11,13,15,17-19,21,23,25-26,29-32,34-36H2. The number of rotatable bonds is 6. The summed E-state index contributed by atoms with van der Waals surface area (Å²) in [6, 6.07) is 2.74. The van der Waals surface area contributed by atoms with Gasteiger partial charge in [-0.25, -0.2) is 0 Å². The van der Waals surface area contributed by atoms with E-state index in [4.69, 9.17) is 0 Å². The first kappa shape index (κ1) is 36.1. The van der Waals surface area contributed by atoms with E-state index in [2.05, 4.69) is 88.8 Å². The SMILES string of the molecule is C1=CCC(C2=CC=C(N3C4C=CCCC4C4CC(C5C=CC6C(C5)C5=C(CCCC5)N6C5CC=C(C6CCC=C(C7=CCCCC7)C6)CC5)CCC43)CC2)C=C1. The largest absolute Gasteiger partial charge is 0.365 e. The molecule has 0 N–H and O–H groups in total. The van der Waals surface area contributed by atoms with Gasteiger partial charge in [-0.05, 0) is 200 Å². The minimum Gasteiger partial charge on any atom is -0.365 e. The molecule has 0 radical (unpaired) electrons. The summed E-state index contributed by atoms with van der Waals surface area (Å²) in [7, 11) is 0. The topological polar surface area (TPSA) is 6.48 Å². The molecule has 2 heteroatoms. The lowest BCUT2D eigenvalue weighted by Crippen LogP contribution is -2.44. The molecule has 56 heavy (non-hydrogen) atoms. The van der Waals surface area contributed by atoms with Crippen molar-refractivity contribution in [3.63, 3.8) is 0 Å². The van der Waals surface area contributed by atoms with E-state index in [0.717, 1.165) is 41.5 Å². The predicted molar refractivity (Wildman–Crippen MR) is 233 cm³/mol. The van der Waals surface area contributed by atoms with Crippen molar-refractivity contribution in [2.24, 2.45) is 41.4 Å². The molecule has 11 unspecified atom stereocenters. The van der Waals surface area contributed by atoms with E-state index in [0.29, 0.717) is 24.0 Å². The Morgan fingerprint density at radius 3 is 2.38 bits per heavy atom. The fraction of sp³-hybridized carbons (Fsp3) is 0.630. The predicted octanol–water partition coefficient (Wildman–Crippen LogP) is 13.6. The van der Waals surface area contributed by atoms with Crippen molar-refractivity contribution in [1.82, 2.24) is 9.80 Å². The van der Waals surface area contributed by atoms with Crippen LogP contribution in [0.2, 0.25) is 0 Å². The van der Waals surface area contributed by atoms with E-state index in [1.807, 2.05) is 16.8 Å². The van der Waals surface area contributed by atoms with Crippen molar-refractivity contribution in [2.75, 3.05) is 0 Å². The Labute approximate surface area is 340 Å². The van der Waals surface area contributed by atoms with Gasteiger partial charge >= 0.3 is 0 Å². The van der Waals surface area contributed by atoms with Crippen LogP contribution in [-0.4, -0.2) is 34.0 Å². The minimum absolute atomic E-state index is 0.617. The molecule has 2 aliphatic heterocycles. The molecular weight excluding hydrogens is 677 g/mol. The number of allylic oxidation sites excluding steroid dienone is 16. The van der Waals surface area contributed by atoms with Crippen LogP contribution in [0.15, 0.2) is 118 Å². The highest BCUT2D eigenvalue weighted by molar-refractivity contribution is 5.37. The lowest BCUT2D eigenvalue weighted by atomic mass is 9.65. The van der Waals surface area contributed by atoms with Gasteiger partial charge in [0.05, 0.1) is 12.1 Å². The zero-order valence-electron chi connectivity index (χ0n) is 34.5. The number of hydrogen-bond acceptors (Lipinski definition) is 2. The second-order valence-corrected chi connectivity index (χ2v) is 20.3. The van der Waals surface area contributed by atoms with Gasteiger partial charge in [0.1, 0.15) is 0 Å². The molecule has 2 nitrogen and oxygen atoms in total. The molecule has 1 saturated heterocycles. The van der Waals surface area contributed by atoms with E-state index >= 15 is 0 Å². The molecule has 0 amide bonds. The lowest BCUT2D eigenvalue weighted by molar-refractivity contribution is 0.118. The van der Waals surface area contributed by atoms with Crippen LogP contribution in [0, 0.1) is 41.4 Å². The van der Waals surface area contributed by atoms with Crippen molar-refractivity contribution >= 4 is 0 Å². The van der Waals surface area contributed by atoms with Crippen molar-refractivity contribution < 1.29 is 0 Å². The van der Waals surface area contributed by atoms with E-state index in [1.54, 1.807) is 22.4 Å². The molecule has 1 saturated carbocycles. The van der Waals surface area contributed by atoms with Gasteiger partial charge in [-0.2, -0.15) is 0 Å². The van der Waals surface area contributed by atoms with Crippen LogP contribution >= 0.6 is 0 Å². The molecule has 11 atom stereocenters. The molecule has 296 valence electrons. The van der Waals surface area contributed by atoms with Gasteiger partial charge in [0.25, 0.3) is 0 Å². The van der Waals surface area contributed by atoms with Crippen LogP contribution < -0.4 is 0 Å². The van der Waals surface area contributed by atoms with E-state index in [9.17, 15) is 0 Å². The Morgan fingerprint density at radius 2 is 1.52 bits per heavy atom. The van der Waals surface area contributed by atoms with E-state index < -0.39 is 0 Å². The van der Waals surface area contributed by atoms with Crippen LogP contribution in [0.5, 0.6) is 0 Å². The second-order valence-electron chi connectivity index (χ2n) is 20.3. The van der Waals surface area contributed by atoms with Gasteiger partial charge in [-0.15, -0.1) is 0 Å². The number of likely N-dealkylation sites (tertiary alicyclic amines) is 1. The molecule has 9 aliphatic carbocycles. The highest BCUT2D eigenvalue weighted by atomic mass is 15.2. The average Bonchev–Trinajstić information content (AvgIpc) is 3.79. The summed E-state index contributed by atoms with van der Waals surface area (Å²) < 4.78 is 0. The third-order valence-electron chi connectivity index (χ3n) is 17.6. The molecule has 0 aromatic heterocycles. The Bertz CT molecular complexity index is 1840. The van der Waals surface area contributed by atoms with Gasteiger partial charge in [0.15, 0.2) is 0 Å². The summed E-state index contributed by atoms with van der Waals surface area (Å²) >= 11 is 0. The van der Waals surface area contributed by atoms with E-state index in [1.165, 1.54) is 148 Å². The maximum atomic E-state index is 3.06. The van der Waals surface area contributed by atoms with Crippen LogP contribution in [0.3, 0.4) is 0 Å². The van der Waals surface area contributed by atoms with E-state index in [-0.39, 0.29) is 0 Å². The number of hydrogen-bond donors (Lipinski definition) is 0. The zero-order valence-corrected chi connectivity index (χ0v) is 34.5. The molecule has 0 bridgehead atoms. The maximum Gasteiger partial charge on any atom is 0.0539 e. The first-order valence-electron chi connectivity index (χ1n) is 24.2. The van der Waals surface area contributed by atoms with Gasteiger partial charge < -0.3 is 9.80 Å². The highest BCUT2D eigenvalue weighted by Gasteiger charge is 2.53. The Kier molecular flexibility index (Phi) is 10.1. The minimum atomic E-state index is 0.617. The quantitative estimate of drug-likeness (QED) is 0.250. The van der Waals surface area contributed by atoms with Crippen molar-refractivity contribution in [2.45, 2.75) is 172 Å². The molecule has 0 aromatic carbocycles. The van der Waals surface area contributed by atoms with Crippen LogP contribution in [0.4, 0.5) is 0 Å². The van der Waals surface area contributed by atoms with Crippen molar-refractivity contribution in [3.8, 4) is 0 Å². The van der Waals surface area contributed by atoms with Crippen molar-refractivity contribution in [1.29, 1.82) is 0 Å². The first-order chi connectivity index (χ1) is 27.8. The molecular formula is C54H70N2. The molecule has 0 spiro atoms. The molecule has 2 heterocycles. The molecule has 11 rings (SSSR count). The summed E-state index contributed by atoms with van der Waals surface area (Å²) in [5, 5.41) is 0. The molecule has 11 aliphatic rings. The zero-order chi connectivity index (χ0) is 37.0. The number of fused-ring (bicyclic) bond motifs is 5. The third kappa shape index (κ3) is 6.60. The van der Waals surface area contributed by atoms with Crippen LogP contribution in [-0.2, 0) is 0 Å². The molecule has 0 aromatic rings. The summed E-state index contributed by atoms with van der Waals surface area (Å²) in [6.07, 6.45) is 64.2. The first-order valence-corrected chi connectivity index (χ1v) is 24.2. The fourth-order valence-electron chi connectivity index (χ4n) is 14.9. The average molecular weight is 747 g/mol. The summed E-state index contributed by atoms with van der Waals surface area (Å²) in [4.78, 5) is 6.05. The summed E-state index contributed by atoms with van der Waals surface area (Å²) in [6.45, 7) is 0. The van der Waals surface area contributed by atoms with Gasteiger partial charge in [0, 0.05) is 35.3 Å². The summed E-state index contributed by atoms with van der Waals surface area (Å²) in [5.74, 6) is 5.58. The normalized spacial score (nSPS) is 40.6. The monoisotopic (exact) mass is 747 g/mol. The van der Waals surface area contributed by atoms with Gasteiger partial charge in [0.2, 0.25) is 0 Å². The second kappa shape index (κ2) is 15.6. The maximum absolute atomic E-state index is 3.06. The Balaban J connectivity index is 0.778. The Morgan fingerprint density at radius 1 is 0.571 bits per heavy atom. The lowest BCUT2D eigenvalue weighted by Gasteiger charge is -2.44. The van der Waals surface area contributed by atoms with Gasteiger partial charge in [-0.3, -0.25) is 0 Å². The summed E-state index contributed by atoms with van der Waals surface area (Å²) in [5.41, 5.74) is 12.3. The smallest absolute Gasteiger partial charge is 0.0539 e. The van der Waals surface area contributed by atoms with Crippen LogP contribution in [0.1, 0.15) is 148 Å². The third-order valence-corrected chi connectivity index (χ3v) is 17.6. The highest BCUT2D eigenvalue weighted by Crippen LogP contribution is 2.56. The van der Waals surface area contributed by atoms with Crippen LogP contribution in [0.25, 0.3) is 0 Å². The van der Waals surface area contributed by atoms with Gasteiger partial charge in [-0.1, -0.05) is 84.1 Å². The Hall–Kier alpha value is -3.00. The fourth-order valence-corrected chi connectivity index (χ4v) is 14.9. The van der Waals surface area contributed by atoms with Crippen molar-refractivity contribution in [3.05, 3.63) is 118 Å². The number of nitrogens with zero attached hydrogens (tertiary/aromatic N) is 2. The molecule has 2 fully saturated rings.